The Kier molecular flexibility index (Phi) is 3.97. The summed E-state index contributed by atoms with van der Waals surface area (Å²) in [7, 11) is 0. The van der Waals surface area contributed by atoms with E-state index in [0.29, 0.717) is 0 Å². The molecule has 0 saturated heterocycles. The normalized spacial score (nSPS) is 10.6. The molecule has 0 radical (unpaired) electrons. The number of aromatic nitrogens is 2. The molecule has 0 spiro atoms. The highest BCUT2D eigenvalue weighted by Gasteiger charge is 2.12. The summed E-state index contributed by atoms with van der Waals surface area (Å²) in [4.78, 5) is 9.14. The number of nitrogens with zero attached hydrogens (tertiary/aromatic N) is 2. The Morgan fingerprint density at radius 2 is 2.11 bits per heavy atom. The van der Waals surface area contributed by atoms with Crippen LogP contribution in [0.25, 0.3) is 11.3 Å². The Hall–Kier alpha value is -1.84. The van der Waals surface area contributed by atoms with Crippen LogP contribution in [0, 0.1) is 6.92 Å². The first-order valence-electron chi connectivity index (χ1n) is 6.40. The minimum Gasteiger partial charge on any atom is -0.472 e. The lowest BCUT2D eigenvalue weighted by Crippen LogP contribution is -2.08. The minimum atomic E-state index is 0.825. The summed E-state index contributed by atoms with van der Waals surface area (Å²) in [5, 5.41) is 3.36. The summed E-state index contributed by atoms with van der Waals surface area (Å²) in [6.45, 7) is 7.17. The molecule has 0 aliphatic rings. The lowest BCUT2D eigenvalue weighted by Gasteiger charge is -2.12. The van der Waals surface area contributed by atoms with E-state index in [1.807, 2.05) is 13.0 Å². The molecule has 0 atom stereocenters. The Labute approximate surface area is 107 Å². The van der Waals surface area contributed by atoms with Gasteiger partial charge in [-0.05, 0) is 19.4 Å². The van der Waals surface area contributed by atoms with Gasteiger partial charge in [-0.3, -0.25) is 0 Å². The molecule has 96 valence electrons. The molecule has 0 aromatic carbocycles. The third kappa shape index (κ3) is 2.53. The Bertz CT molecular complexity index is 506. The molecule has 2 aromatic rings. The summed E-state index contributed by atoms with van der Waals surface area (Å²) >= 11 is 0. The average Bonchev–Trinajstić information content (AvgIpc) is 2.91. The van der Waals surface area contributed by atoms with Gasteiger partial charge in [0.05, 0.1) is 18.2 Å². The van der Waals surface area contributed by atoms with Crippen molar-refractivity contribution in [1.82, 2.24) is 9.97 Å². The van der Waals surface area contributed by atoms with Crippen LogP contribution in [-0.4, -0.2) is 16.5 Å². The van der Waals surface area contributed by atoms with Crippen LogP contribution in [0.15, 0.2) is 23.0 Å². The SMILES string of the molecule is CCCNc1nc(CC)nc(-c2ccoc2)c1C. The van der Waals surface area contributed by atoms with Crippen molar-refractivity contribution in [2.75, 3.05) is 11.9 Å². The zero-order valence-corrected chi connectivity index (χ0v) is 11.2. The van der Waals surface area contributed by atoms with Crippen molar-refractivity contribution < 1.29 is 4.42 Å². The molecule has 2 heterocycles. The summed E-state index contributed by atoms with van der Waals surface area (Å²) in [5.41, 5.74) is 3.03. The number of aryl methyl sites for hydroxylation is 1. The summed E-state index contributed by atoms with van der Waals surface area (Å²) in [6.07, 6.45) is 5.29. The van der Waals surface area contributed by atoms with Crippen molar-refractivity contribution in [3.63, 3.8) is 0 Å². The van der Waals surface area contributed by atoms with Crippen molar-refractivity contribution in [3.05, 3.63) is 30.0 Å². The second kappa shape index (κ2) is 5.67. The third-order valence-electron chi connectivity index (χ3n) is 2.85. The van der Waals surface area contributed by atoms with E-state index in [1.54, 1.807) is 12.5 Å². The van der Waals surface area contributed by atoms with E-state index >= 15 is 0 Å². The molecular formula is C14H19N3O. The van der Waals surface area contributed by atoms with E-state index in [4.69, 9.17) is 4.42 Å². The molecule has 18 heavy (non-hydrogen) atoms. The number of hydrogen-bond acceptors (Lipinski definition) is 4. The standard InChI is InChI=1S/C14H19N3O/c1-4-7-15-14-10(3)13(11-6-8-18-9-11)16-12(5-2)17-14/h6,8-9H,4-5,7H2,1-3H3,(H,15,16,17). The fourth-order valence-electron chi connectivity index (χ4n) is 1.82. The topological polar surface area (TPSA) is 51.0 Å². The molecule has 0 fully saturated rings. The van der Waals surface area contributed by atoms with E-state index in [-0.39, 0.29) is 0 Å². The van der Waals surface area contributed by atoms with Gasteiger partial charge in [0.25, 0.3) is 0 Å². The summed E-state index contributed by atoms with van der Waals surface area (Å²) in [5.74, 6) is 1.79. The molecule has 4 nitrogen and oxygen atoms in total. The second-order valence-electron chi connectivity index (χ2n) is 4.25. The van der Waals surface area contributed by atoms with Gasteiger partial charge in [-0.1, -0.05) is 13.8 Å². The van der Waals surface area contributed by atoms with E-state index in [0.717, 1.165) is 47.8 Å². The van der Waals surface area contributed by atoms with Gasteiger partial charge in [0.1, 0.15) is 11.6 Å². The second-order valence-corrected chi connectivity index (χ2v) is 4.25. The van der Waals surface area contributed by atoms with Crippen LogP contribution >= 0.6 is 0 Å². The fourth-order valence-corrected chi connectivity index (χ4v) is 1.82. The Balaban J connectivity index is 2.45. The Morgan fingerprint density at radius 3 is 2.72 bits per heavy atom. The quantitative estimate of drug-likeness (QED) is 0.876. The van der Waals surface area contributed by atoms with E-state index < -0.39 is 0 Å². The maximum Gasteiger partial charge on any atom is 0.133 e. The van der Waals surface area contributed by atoms with Gasteiger partial charge in [-0.15, -0.1) is 0 Å². The molecule has 1 N–H and O–H groups in total. The van der Waals surface area contributed by atoms with Crippen LogP contribution in [0.5, 0.6) is 0 Å². The molecule has 0 saturated carbocycles. The van der Waals surface area contributed by atoms with Gasteiger partial charge in [-0.25, -0.2) is 9.97 Å². The molecule has 0 amide bonds. The van der Waals surface area contributed by atoms with Crippen molar-refractivity contribution in [2.24, 2.45) is 0 Å². The van der Waals surface area contributed by atoms with Crippen LogP contribution in [0.1, 0.15) is 31.7 Å². The highest BCUT2D eigenvalue weighted by Crippen LogP contribution is 2.26. The minimum absolute atomic E-state index is 0.825. The van der Waals surface area contributed by atoms with Gasteiger partial charge in [0, 0.05) is 24.1 Å². The van der Waals surface area contributed by atoms with Gasteiger partial charge >= 0.3 is 0 Å². The first kappa shape index (κ1) is 12.6. The Morgan fingerprint density at radius 1 is 1.28 bits per heavy atom. The lowest BCUT2D eigenvalue weighted by molar-refractivity contribution is 0.568. The van der Waals surface area contributed by atoms with Crippen molar-refractivity contribution in [1.29, 1.82) is 0 Å². The maximum absolute atomic E-state index is 5.14. The molecule has 0 unspecified atom stereocenters. The number of anilines is 1. The van der Waals surface area contributed by atoms with Gasteiger partial charge < -0.3 is 9.73 Å². The predicted octanol–water partition coefficient (Wildman–Crippen LogP) is 3.43. The molecular weight excluding hydrogens is 226 g/mol. The molecule has 2 rings (SSSR count). The monoisotopic (exact) mass is 245 g/mol. The highest BCUT2D eigenvalue weighted by molar-refractivity contribution is 5.67. The zero-order valence-electron chi connectivity index (χ0n) is 11.2. The summed E-state index contributed by atoms with van der Waals surface area (Å²) < 4.78 is 5.14. The van der Waals surface area contributed by atoms with E-state index in [1.165, 1.54) is 0 Å². The van der Waals surface area contributed by atoms with Crippen molar-refractivity contribution in [2.45, 2.75) is 33.6 Å². The van der Waals surface area contributed by atoms with Crippen LogP contribution in [0.4, 0.5) is 5.82 Å². The molecule has 0 aliphatic heterocycles. The largest absolute Gasteiger partial charge is 0.472 e. The fraction of sp³-hybridized carbons (Fsp3) is 0.429. The zero-order chi connectivity index (χ0) is 13.0. The first-order valence-corrected chi connectivity index (χ1v) is 6.40. The predicted molar refractivity (Wildman–Crippen MR) is 72.6 cm³/mol. The third-order valence-corrected chi connectivity index (χ3v) is 2.85. The molecule has 2 aromatic heterocycles. The van der Waals surface area contributed by atoms with Crippen LogP contribution in [0.3, 0.4) is 0 Å². The van der Waals surface area contributed by atoms with Crippen LogP contribution in [-0.2, 0) is 6.42 Å². The van der Waals surface area contributed by atoms with E-state index in [2.05, 4.69) is 29.1 Å². The van der Waals surface area contributed by atoms with Gasteiger partial charge in [0.2, 0.25) is 0 Å². The number of rotatable bonds is 5. The number of hydrogen-bond donors (Lipinski definition) is 1. The van der Waals surface area contributed by atoms with Gasteiger partial charge in [-0.2, -0.15) is 0 Å². The molecule has 0 bridgehead atoms. The highest BCUT2D eigenvalue weighted by atomic mass is 16.3. The smallest absolute Gasteiger partial charge is 0.133 e. The maximum atomic E-state index is 5.14. The van der Waals surface area contributed by atoms with Crippen LogP contribution in [0.2, 0.25) is 0 Å². The van der Waals surface area contributed by atoms with Crippen molar-refractivity contribution >= 4 is 5.82 Å². The number of nitrogens with one attached hydrogen (secondary N) is 1. The summed E-state index contributed by atoms with van der Waals surface area (Å²) in [6, 6.07) is 1.93. The lowest BCUT2D eigenvalue weighted by atomic mass is 10.1. The molecule has 4 heteroatoms. The molecule has 0 aliphatic carbocycles. The number of furan rings is 1. The average molecular weight is 245 g/mol. The van der Waals surface area contributed by atoms with Crippen molar-refractivity contribution in [3.8, 4) is 11.3 Å². The first-order chi connectivity index (χ1) is 8.76. The van der Waals surface area contributed by atoms with Crippen LogP contribution < -0.4 is 5.32 Å². The van der Waals surface area contributed by atoms with Gasteiger partial charge in [0.15, 0.2) is 0 Å². The van der Waals surface area contributed by atoms with E-state index in [9.17, 15) is 0 Å².